The number of carbonyl (C=O) groups is 2. The van der Waals surface area contributed by atoms with Crippen LogP contribution in [-0.2, 0) is 13.6 Å². The maximum absolute atomic E-state index is 14.9. The highest BCUT2D eigenvalue weighted by atomic mass is 19.1. The van der Waals surface area contributed by atoms with Gasteiger partial charge in [0.05, 0.1) is 12.2 Å². The average Bonchev–Trinajstić information content (AvgIpc) is 3.19. The van der Waals surface area contributed by atoms with Crippen molar-refractivity contribution in [1.29, 1.82) is 0 Å². The first-order chi connectivity index (χ1) is 15.4. The Bertz CT molecular complexity index is 1150. The predicted molar refractivity (Wildman–Crippen MR) is 122 cm³/mol. The summed E-state index contributed by atoms with van der Waals surface area (Å²) in [7, 11) is 3.97. The van der Waals surface area contributed by atoms with Crippen LogP contribution in [0.5, 0.6) is 0 Å². The summed E-state index contributed by atoms with van der Waals surface area (Å²) in [5, 5.41) is 0.914. The number of hydrazine groups is 1. The molecule has 4 rings (SSSR count). The van der Waals surface area contributed by atoms with Gasteiger partial charge >= 0.3 is 6.03 Å². The maximum atomic E-state index is 14.9. The molecular formula is C23H27FN6O2. The van der Waals surface area contributed by atoms with Crippen molar-refractivity contribution in [2.45, 2.75) is 6.54 Å². The highest BCUT2D eigenvalue weighted by Crippen LogP contribution is 2.30. The number of aromatic nitrogens is 1. The number of hydrogen-bond acceptors (Lipinski definition) is 4. The molecular weight excluding hydrogens is 411 g/mol. The van der Waals surface area contributed by atoms with E-state index in [-0.39, 0.29) is 18.1 Å². The Labute approximate surface area is 185 Å². The van der Waals surface area contributed by atoms with Crippen LogP contribution in [0.1, 0.15) is 15.9 Å². The van der Waals surface area contributed by atoms with Gasteiger partial charge in [-0.25, -0.2) is 15.0 Å². The van der Waals surface area contributed by atoms with Crippen molar-refractivity contribution in [3.05, 3.63) is 65.6 Å². The van der Waals surface area contributed by atoms with Gasteiger partial charge in [0.15, 0.2) is 0 Å². The van der Waals surface area contributed by atoms with Crippen LogP contribution in [-0.4, -0.2) is 59.5 Å². The summed E-state index contributed by atoms with van der Waals surface area (Å²) in [4.78, 5) is 30.9. The Morgan fingerprint density at radius 1 is 1.09 bits per heavy atom. The van der Waals surface area contributed by atoms with Gasteiger partial charge in [-0.1, -0.05) is 12.1 Å². The van der Waals surface area contributed by atoms with E-state index in [0.717, 1.165) is 35.7 Å². The smallest absolute Gasteiger partial charge is 0.324 e. The second-order valence-corrected chi connectivity index (χ2v) is 8.08. The predicted octanol–water partition coefficient (Wildman–Crippen LogP) is 2.29. The van der Waals surface area contributed by atoms with Gasteiger partial charge in [-0.3, -0.25) is 15.1 Å². The SMILES string of the molecule is CN1CCN(C(=O)N(Cc2ccc(C(=O)NN)cc2F)c2cccc3c2ccn3C)CC1. The summed E-state index contributed by atoms with van der Waals surface area (Å²) in [5.74, 6) is 4.01. The third-order valence-corrected chi connectivity index (χ3v) is 5.98. The first-order valence-corrected chi connectivity index (χ1v) is 10.5. The first kappa shape index (κ1) is 21.8. The largest absolute Gasteiger partial charge is 0.350 e. The Morgan fingerprint density at radius 2 is 1.84 bits per heavy atom. The van der Waals surface area contributed by atoms with Crippen LogP contribution in [0.15, 0.2) is 48.7 Å². The van der Waals surface area contributed by atoms with Crippen LogP contribution in [0, 0.1) is 5.82 Å². The van der Waals surface area contributed by atoms with E-state index in [0.29, 0.717) is 18.7 Å². The third-order valence-electron chi connectivity index (χ3n) is 5.98. The number of nitrogens with one attached hydrogen (secondary N) is 1. The van der Waals surface area contributed by atoms with Gasteiger partial charge in [0, 0.05) is 61.5 Å². The summed E-state index contributed by atoms with van der Waals surface area (Å²) >= 11 is 0. The minimum atomic E-state index is -0.574. The number of urea groups is 1. The molecule has 1 aromatic heterocycles. The molecule has 0 spiro atoms. The Kier molecular flexibility index (Phi) is 6.11. The van der Waals surface area contributed by atoms with Gasteiger partial charge in [-0.2, -0.15) is 0 Å². The van der Waals surface area contributed by atoms with E-state index in [1.54, 1.807) is 9.80 Å². The van der Waals surface area contributed by atoms with Gasteiger partial charge < -0.3 is 14.4 Å². The van der Waals surface area contributed by atoms with Gasteiger partial charge in [-0.15, -0.1) is 0 Å². The summed E-state index contributed by atoms with van der Waals surface area (Å²) in [6.45, 7) is 2.82. The number of carbonyl (C=O) groups excluding carboxylic acids is 2. The van der Waals surface area contributed by atoms with E-state index in [4.69, 9.17) is 5.84 Å². The lowest BCUT2D eigenvalue weighted by Gasteiger charge is -2.36. The maximum Gasteiger partial charge on any atom is 0.324 e. The second kappa shape index (κ2) is 8.97. The van der Waals surface area contributed by atoms with Crippen molar-refractivity contribution in [3.8, 4) is 0 Å². The topological polar surface area (TPSA) is 86.8 Å². The molecule has 0 bridgehead atoms. The van der Waals surface area contributed by atoms with Gasteiger partial charge in [0.25, 0.3) is 5.91 Å². The molecule has 0 atom stereocenters. The monoisotopic (exact) mass is 438 g/mol. The number of likely N-dealkylation sites (N-methyl/N-ethyl adjacent to an activating group) is 1. The van der Waals surface area contributed by atoms with Gasteiger partial charge in [-0.05, 0) is 37.4 Å². The molecule has 1 aliphatic heterocycles. The summed E-state index contributed by atoms with van der Waals surface area (Å²) in [6.07, 6.45) is 1.94. The molecule has 168 valence electrons. The first-order valence-electron chi connectivity index (χ1n) is 10.5. The molecule has 3 aromatic rings. The van der Waals surface area contributed by atoms with Crippen LogP contribution < -0.4 is 16.2 Å². The van der Waals surface area contributed by atoms with E-state index in [1.807, 2.05) is 54.6 Å². The fourth-order valence-electron chi connectivity index (χ4n) is 4.02. The number of rotatable bonds is 4. The number of halogens is 1. The number of nitrogen functional groups attached to an aromatic ring is 1. The molecule has 3 N–H and O–H groups in total. The van der Waals surface area contributed by atoms with Crippen LogP contribution in [0.2, 0.25) is 0 Å². The van der Waals surface area contributed by atoms with E-state index >= 15 is 0 Å². The number of fused-ring (bicyclic) bond motifs is 1. The van der Waals surface area contributed by atoms with E-state index in [1.165, 1.54) is 12.1 Å². The Balaban J connectivity index is 1.72. The fourth-order valence-corrected chi connectivity index (χ4v) is 4.02. The zero-order chi connectivity index (χ0) is 22.8. The summed E-state index contributed by atoms with van der Waals surface area (Å²) in [6, 6.07) is 11.7. The molecule has 2 heterocycles. The molecule has 0 saturated carbocycles. The molecule has 0 radical (unpaired) electrons. The van der Waals surface area contributed by atoms with Crippen molar-refractivity contribution < 1.29 is 14.0 Å². The Morgan fingerprint density at radius 3 is 2.53 bits per heavy atom. The van der Waals surface area contributed by atoms with Crippen molar-refractivity contribution in [2.75, 3.05) is 38.1 Å². The lowest BCUT2D eigenvalue weighted by molar-refractivity contribution is 0.0953. The molecule has 8 nitrogen and oxygen atoms in total. The van der Waals surface area contributed by atoms with Crippen LogP contribution >= 0.6 is 0 Å². The lowest BCUT2D eigenvalue weighted by atomic mass is 10.1. The molecule has 1 fully saturated rings. The van der Waals surface area contributed by atoms with Crippen LogP contribution in [0.3, 0.4) is 0 Å². The van der Waals surface area contributed by atoms with Crippen LogP contribution in [0.4, 0.5) is 14.9 Å². The van der Waals surface area contributed by atoms with E-state index < -0.39 is 11.7 Å². The van der Waals surface area contributed by atoms with Crippen molar-refractivity contribution in [1.82, 2.24) is 19.8 Å². The van der Waals surface area contributed by atoms with E-state index in [9.17, 15) is 14.0 Å². The minimum absolute atomic E-state index is 0.0372. The molecule has 1 aliphatic rings. The molecule has 32 heavy (non-hydrogen) atoms. The van der Waals surface area contributed by atoms with Crippen molar-refractivity contribution in [3.63, 3.8) is 0 Å². The summed E-state index contributed by atoms with van der Waals surface area (Å²) in [5.41, 5.74) is 4.13. The molecule has 0 aliphatic carbocycles. The number of aryl methyl sites for hydroxylation is 1. The minimum Gasteiger partial charge on any atom is -0.350 e. The number of nitrogens with two attached hydrogens (primary N) is 1. The van der Waals surface area contributed by atoms with Crippen LogP contribution in [0.25, 0.3) is 10.9 Å². The standard InChI is InChI=1S/C23H27FN6O2/c1-27-10-12-29(13-11-27)23(32)30(21-5-3-4-20-18(21)8-9-28(20)2)15-17-7-6-16(14-19(17)24)22(31)26-25/h3-9,14H,10-13,15,25H2,1-2H3,(H,26,31). The van der Waals surface area contributed by atoms with E-state index in [2.05, 4.69) is 4.90 Å². The molecule has 9 heteroatoms. The normalized spacial score (nSPS) is 14.6. The highest BCUT2D eigenvalue weighted by molar-refractivity contribution is 6.02. The number of benzene rings is 2. The highest BCUT2D eigenvalue weighted by Gasteiger charge is 2.27. The molecule has 3 amide bonds. The number of nitrogens with zero attached hydrogens (tertiary/aromatic N) is 4. The quantitative estimate of drug-likeness (QED) is 0.372. The lowest BCUT2D eigenvalue weighted by Crippen LogP contribution is -2.52. The number of piperazine rings is 1. The number of amides is 3. The number of anilines is 1. The molecule has 0 unspecified atom stereocenters. The molecule has 2 aromatic carbocycles. The van der Waals surface area contributed by atoms with Crippen molar-refractivity contribution >= 4 is 28.5 Å². The number of hydrogen-bond donors (Lipinski definition) is 2. The third kappa shape index (κ3) is 4.17. The zero-order valence-corrected chi connectivity index (χ0v) is 18.2. The van der Waals surface area contributed by atoms with Gasteiger partial charge in [0.1, 0.15) is 5.82 Å². The molecule has 1 saturated heterocycles. The Hall–Kier alpha value is -3.43. The zero-order valence-electron chi connectivity index (χ0n) is 18.2. The average molecular weight is 439 g/mol. The fraction of sp³-hybridized carbons (Fsp3) is 0.304. The van der Waals surface area contributed by atoms with Crippen molar-refractivity contribution in [2.24, 2.45) is 12.9 Å². The summed E-state index contributed by atoms with van der Waals surface area (Å²) < 4.78 is 16.9. The second-order valence-electron chi connectivity index (χ2n) is 8.08. The van der Waals surface area contributed by atoms with Gasteiger partial charge in [0.2, 0.25) is 0 Å².